The Kier molecular flexibility index (Phi) is 7.06. The Bertz CT molecular complexity index is 1520. The van der Waals surface area contributed by atoms with Crippen molar-refractivity contribution < 1.29 is 0 Å². The molecule has 0 spiro atoms. The van der Waals surface area contributed by atoms with Gasteiger partial charge < -0.3 is 4.67 Å². The van der Waals surface area contributed by atoms with Crippen LogP contribution >= 0.6 is 8.07 Å². The van der Waals surface area contributed by atoms with Crippen LogP contribution in [-0.2, 0) is 0 Å². The van der Waals surface area contributed by atoms with E-state index in [1.807, 2.05) is 35.0 Å². The highest BCUT2D eigenvalue weighted by Crippen LogP contribution is 2.49. The standard InChI is InChI=1S/C33H27N4P/c1-6-16-27(17-7-1)33(32-26-36(35-34-32)28-18-8-2-9-19-28)37(29-20-10-3-11-21-29)38(30-22-12-4-13-23-30)31-24-14-5-15-25-31/h1-26,33H. The van der Waals surface area contributed by atoms with E-state index in [1.165, 1.54) is 10.6 Å². The summed E-state index contributed by atoms with van der Waals surface area (Å²) in [5, 5.41) is 11.9. The normalized spacial score (nSPS) is 11.8. The second kappa shape index (κ2) is 11.2. The molecule has 5 heteroatoms. The molecule has 6 aromatic rings. The highest BCUT2D eigenvalue weighted by molar-refractivity contribution is 7.74. The number of hydrogen-bond donors (Lipinski definition) is 0. The van der Waals surface area contributed by atoms with Gasteiger partial charge in [0.25, 0.3) is 0 Å². The fourth-order valence-electron chi connectivity index (χ4n) is 4.68. The molecule has 38 heavy (non-hydrogen) atoms. The van der Waals surface area contributed by atoms with Crippen LogP contribution in [-0.4, -0.2) is 15.0 Å². The van der Waals surface area contributed by atoms with E-state index in [0.29, 0.717) is 0 Å². The number of para-hydroxylation sites is 2. The Morgan fingerprint density at radius 1 is 0.553 bits per heavy atom. The lowest BCUT2D eigenvalue weighted by atomic mass is 10.0. The lowest BCUT2D eigenvalue weighted by Gasteiger charge is -2.40. The van der Waals surface area contributed by atoms with Gasteiger partial charge in [-0.25, -0.2) is 4.68 Å². The van der Waals surface area contributed by atoms with Crippen LogP contribution in [0.25, 0.3) is 5.69 Å². The minimum absolute atomic E-state index is 0.164. The Labute approximate surface area is 224 Å². The first kappa shape index (κ1) is 23.8. The van der Waals surface area contributed by atoms with Gasteiger partial charge in [0, 0.05) is 16.3 Å². The Morgan fingerprint density at radius 2 is 1.03 bits per heavy atom. The largest absolute Gasteiger partial charge is 0.330 e. The number of aromatic nitrogens is 3. The molecule has 1 unspecified atom stereocenters. The molecule has 0 fully saturated rings. The summed E-state index contributed by atoms with van der Waals surface area (Å²) in [4.78, 5) is 0. The van der Waals surface area contributed by atoms with Crippen molar-refractivity contribution >= 4 is 24.4 Å². The van der Waals surface area contributed by atoms with Gasteiger partial charge in [-0.1, -0.05) is 133 Å². The molecular formula is C33H27N4P. The number of anilines is 1. The highest BCUT2D eigenvalue weighted by Gasteiger charge is 2.33. The van der Waals surface area contributed by atoms with Crippen molar-refractivity contribution in [3.05, 3.63) is 169 Å². The van der Waals surface area contributed by atoms with Gasteiger partial charge in [-0.05, 0) is 29.8 Å². The molecule has 0 aliphatic heterocycles. The second-order valence-electron chi connectivity index (χ2n) is 8.90. The van der Waals surface area contributed by atoms with E-state index >= 15 is 0 Å². The first-order valence-corrected chi connectivity index (χ1v) is 13.9. The van der Waals surface area contributed by atoms with E-state index in [4.69, 9.17) is 5.10 Å². The van der Waals surface area contributed by atoms with Crippen LogP contribution in [0.15, 0.2) is 158 Å². The molecule has 0 radical (unpaired) electrons. The van der Waals surface area contributed by atoms with Crippen molar-refractivity contribution in [2.45, 2.75) is 6.04 Å². The number of hydrogen-bond acceptors (Lipinski definition) is 3. The van der Waals surface area contributed by atoms with Gasteiger partial charge in [0.1, 0.15) is 11.7 Å². The summed E-state index contributed by atoms with van der Waals surface area (Å²) in [5.41, 5.74) is 4.17. The van der Waals surface area contributed by atoms with E-state index in [-0.39, 0.29) is 6.04 Å². The summed E-state index contributed by atoms with van der Waals surface area (Å²) in [6.07, 6.45) is 2.06. The van der Waals surface area contributed by atoms with Crippen molar-refractivity contribution in [1.29, 1.82) is 0 Å². The quantitative estimate of drug-likeness (QED) is 0.209. The zero-order chi connectivity index (χ0) is 25.6. The topological polar surface area (TPSA) is 34.0 Å². The number of rotatable bonds is 8. The fourth-order valence-corrected chi connectivity index (χ4v) is 7.23. The SMILES string of the molecule is c1ccc(C(c2cn(-c3ccccc3)nn2)N(c2ccccc2)P(c2ccccc2)c2ccccc2)cc1. The van der Waals surface area contributed by atoms with Crippen LogP contribution in [0.2, 0.25) is 0 Å². The summed E-state index contributed by atoms with van der Waals surface area (Å²) < 4.78 is 4.40. The van der Waals surface area contributed by atoms with Crippen molar-refractivity contribution in [1.82, 2.24) is 15.0 Å². The molecular weight excluding hydrogens is 483 g/mol. The molecule has 0 aliphatic carbocycles. The van der Waals surface area contributed by atoms with Crippen molar-refractivity contribution in [2.24, 2.45) is 0 Å². The van der Waals surface area contributed by atoms with Crippen molar-refractivity contribution in [3.8, 4) is 5.69 Å². The minimum Gasteiger partial charge on any atom is -0.330 e. The first-order chi connectivity index (χ1) is 18.9. The Morgan fingerprint density at radius 3 is 1.58 bits per heavy atom. The van der Waals surface area contributed by atoms with E-state index in [1.54, 1.807) is 0 Å². The molecule has 0 bridgehead atoms. The summed E-state index contributed by atoms with van der Waals surface area (Å²) >= 11 is 0. The second-order valence-corrected chi connectivity index (χ2v) is 11.0. The zero-order valence-electron chi connectivity index (χ0n) is 20.8. The Balaban J connectivity index is 1.59. The van der Waals surface area contributed by atoms with Gasteiger partial charge in [0.15, 0.2) is 0 Å². The van der Waals surface area contributed by atoms with Crippen LogP contribution in [0.3, 0.4) is 0 Å². The fraction of sp³-hybridized carbons (Fsp3) is 0.0303. The van der Waals surface area contributed by atoms with Crippen LogP contribution in [0, 0.1) is 0 Å². The van der Waals surface area contributed by atoms with E-state index in [2.05, 4.69) is 137 Å². The van der Waals surface area contributed by atoms with Crippen LogP contribution in [0.1, 0.15) is 17.3 Å². The van der Waals surface area contributed by atoms with Crippen LogP contribution in [0.4, 0.5) is 5.69 Å². The molecule has 184 valence electrons. The predicted octanol–water partition coefficient (Wildman–Crippen LogP) is 6.91. The van der Waals surface area contributed by atoms with Gasteiger partial charge in [-0.3, -0.25) is 0 Å². The van der Waals surface area contributed by atoms with E-state index in [9.17, 15) is 0 Å². The molecule has 5 aromatic carbocycles. The Hall–Kier alpha value is -4.53. The smallest absolute Gasteiger partial charge is 0.110 e. The maximum absolute atomic E-state index is 4.77. The molecule has 6 rings (SSSR count). The van der Waals surface area contributed by atoms with Gasteiger partial charge in [0.05, 0.1) is 20.0 Å². The maximum Gasteiger partial charge on any atom is 0.110 e. The summed E-state index contributed by atoms with van der Waals surface area (Å²) in [6.45, 7) is 0. The third-order valence-corrected chi connectivity index (χ3v) is 8.88. The van der Waals surface area contributed by atoms with Gasteiger partial charge in [-0.15, -0.1) is 5.10 Å². The van der Waals surface area contributed by atoms with Gasteiger partial charge in [0.2, 0.25) is 0 Å². The average molecular weight is 511 g/mol. The number of benzene rings is 5. The van der Waals surface area contributed by atoms with Crippen LogP contribution < -0.4 is 15.3 Å². The molecule has 0 amide bonds. The number of nitrogens with zero attached hydrogens (tertiary/aromatic N) is 4. The average Bonchev–Trinajstić information content (AvgIpc) is 3.49. The molecule has 0 N–H and O–H groups in total. The molecule has 0 saturated carbocycles. The third kappa shape index (κ3) is 5.00. The molecule has 1 atom stereocenters. The van der Waals surface area contributed by atoms with Gasteiger partial charge >= 0.3 is 0 Å². The van der Waals surface area contributed by atoms with Crippen molar-refractivity contribution in [2.75, 3.05) is 4.67 Å². The zero-order valence-corrected chi connectivity index (χ0v) is 21.7. The minimum atomic E-state index is -0.966. The maximum atomic E-state index is 4.77. The molecule has 1 aromatic heterocycles. The lowest BCUT2D eigenvalue weighted by Crippen LogP contribution is -2.33. The highest BCUT2D eigenvalue weighted by atomic mass is 31.1. The lowest BCUT2D eigenvalue weighted by molar-refractivity contribution is 0.779. The molecule has 4 nitrogen and oxygen atoms in total. The van der Waals surface area contributed by atoms with E-state index < -0.39 is 8.07 Å². The van der Waals surface area contributed by atoms with Crippen LogP contribution in [0.5, 0.6) is 0 Å². The third-order valence-electron chi connectivity index (χ3n) is 6.41. The molecule has 0 saturated heterocycles. The summed E-state index contributed by atoms with van der Waals surface area (Å²) in [7, 11) is -0.966. The predicted molar refractivity (Wildman–Crippen MR) is 158 cm³/mol. The van der Waals surface area contributed by atoms with Crippen molar-refractivity contribution in [3.63, 3.8) is 0 Å². The van der Waals surface area contributed by atoms with E-state index in [0.717, 1.165) is 22.6 Å². The monoisotopic (exact) mass is 510 g/mol. The molecule has 0 aliphatic rings. The summed E-state index contributed by atoms with van der Waals surface area (Å²) in [5.74, 6) is 0. The van der Waals surface area contributed by atoms with Gasteiger partial charge in [-0.2, -0.15) is 0 Å². The molecule has 1 heterocycles. The summed E-state index contributed by atoms with van der Waals surface area (Å²) in [6, 6.07) is 52.9. The first-order valence-electron chi connectivity index (χ1n) is 12.7.